The predicted octanol–water partition coefficient (Wildman–Crippen LogP) is 3.03. The lowest BCUT2D eigenvalue weighted by Gasteiger charge is -2.10. The number of rotatable bonds is 5. The Hall–Kier alpha value is -1.39. The van der Waals surface area contributed by atoms with Gasteiger partial charge in [0.05, 0.1) is 17.1 Å². The smallest absolute Gasteiger partial charge is 0.0999 e. The van der Waals surface area contributed by atoms with Crippen molar-refractivity contribution in [3.8, 4) is 5.69 Å². The average Bonchev–Trinajstić information content (AvgIpc) is 2.79. The first-order valence-corrected chi connectivity index (χ1v) is 6.95. The Balaban J connectivity index is 2.46. The third kappa shape index (κ3) is 2.96. The second kappa shape index (κ2) is 6.17. The van der Waals surface area contributed by atoms with Gasteiger partial charge in [0.1, 0.15) is 0 Å². The van der Waals surface area contributed by atoms with Crippen LogP contribution in [-0.2, 0) is 13.0 Å². The number of unbranched alkanes of at least 4 members (excludes halogenated alkanes) is 1. The molecule has 2 aromatic rings. The Bertz CT molecular complexity index is 563. The second-order valence-electron chi connectivity index (χ2n) is 4.63. The van der Waals surface area contributed by atoms with Gasteiger partial charge in [0, 0.05) is 11.6 Å². The van der Waals surface area contributed by atoms with Crippen LogP contribution in [0.5, 0.6) is 0 Å². The molecule has 0 amide bonds. The number of aryl methyl sites for hydroxylation is 1. The molecule has 0 spiro atoms. The minimum absolute atomic E-state index is 0.422. The maximum absolute atomic E-state index is 6.00. The van der Waals surface area contributed by atoms with Crippen LogP contribution in [0.1, 0.15) is 36.7 Å². The molecule has 0 bridgehead atoms. The van der Waals surface area contributed by atoms with Gasteiger partial charge in [-0.2, -0.15) is 0 Å². The molecule has 0 aliphatic heterocycles. The standard InChI is InChI=1S/C14H19ClN4/c1-3-4-5-14-12(9-16)17-18-19(14)13-7-6-11(15)8-10(13)2/h6-8H,3-5,9,16H2,1-2H3. The summed E-state index contributed by atoms with van der Waals surface area (Å²) in [5.74, 6) is 0. The van der Waals surface area contributed by atoms with Crippen LogP contribution in [0.25, 0.3) is 5.69 Å². The van der Waals surface area contributed by atoms with Crippen molar-refractivity contribution in [2.45, 2.75) is 39.7 Å². The molecule has 102 valence electrons. The fourth-order valence-electron chi connectivity index (χ4n) is 2.14. The number of benzene rings is 1. The molecule has 0 unspecified atom stereocenters. The molecule has 1 aromatic carbocycles. The van der Waals surface area contributed by atoms with E-state index in [9.17, 15) is 0 Å². The molecule has 5 heteroatoms. The number of nitrogens with zero attached hydrogens (tertiary/aromatic N) is 3. The summed E-state index contributed by atoms with van der Waals surface area (Å²) in [4.78, 5) is 0. The molecule has 0 aliphatic rings. The number of hydrogen-bond acceptors (Lipinski definition) is 3. The summed E-state index contributed by atoms with van der Waals surface area (Å²) < 4.78 is 1.89. The molecule has 0 saturated heterocycles. The maximum Gasteiger partial charge on any atom is 0.0999 e. The molecule has 1 aromatic heterocycles. The Labute approximate surface area is 118 Å². The van der Waals surface area contributed by atoms with Crippen molar-refractivity contribution < 1.29 is 0 Å². The van der Waals surface area contributed by atoms with Gasteiger partial charge in [0.2, 0.25) is 0 Å². The van der Waals surface area contributed by atoms with Crippen molar-refractivity contribution in [2.24, 2.45) is 5.73 Å². The fraction of sp³-hybridized carbons (Fsp3) is 0.429. The Morgan fingerprint density at radius 3 is 2.79 bits per heavy atom. The quantitative estimate of drug-likeness (QED) is 0.915. The van der Waals surface area contributed by atoms with Gasteiger partial charge in [-0.1, -0.05) is 30.2 Å². The Kier molecular flexibility index (Phi) is 4.56. The number of halogens is 1. The van der Waals surface area contributed by atoms with E-state index >= 15 is 0 Å². The van der Waals surface area contributed by atoms with Crippen LogP contribution in [-0.4, -0.2) is 15.0 Å². The van der Waals surface area contributed by atoms with E-state index in [4.69, 9.17) is 17.3 Å². The predicted molar refractivity (Wildman–Crippen MR) is 77.6 cm³/mol. The van der Waals surface area contributed by atoms with E-state index in [0.29, 0.717) is 6.54 Å². The summed E-state index contributed by atoms with van der Waals surface area (Å²) in [6.45, 7) is 4.62. The van der Waals surface area contributed by atoms with Crippen molar-refractivity contribution in [3.63, 3.8) is 0 Å². The highest BCUT2D eigenvalue weighted by Gasteiger charge is 2.14. The summed E-state index contributed by atoms with van der Waals surface area (Å²) in [6.07, 6.45) is 3.18. The number of nitrogens with two attached hydrogens (primary N) is 1. The average molecular weight is 279 g/mol. The zero-order valence-electron chi connectivity index (χ0n) is 11.4. The van der Waals surface area contributed by atoms with Crippen molar-refractivity contribution in [3.05, 3.63) is 40.2 Å². The van der Waals surface area contributed by atoms with Crippen LogP contribution in [0.2, 0.25) is 5.02 Å². The maximum atomic E-state index is 6.00. The molecule has 2 rings (SSSR count). The third-order valence-corrected chi connectivity index (χ3v) is 3.43. The second-order valence-corrected chi connectivity index (χ2v) is 5.07. The first-order valence-electron chi connectivity index (χ1n) is 6.57. The first-order chi connectivity index (χ1) is 9.17. The Morgan fingerprint density at radius 1 is 1.37 bits per heavy atom. The molecule has 0 fully saturated rings. The molecule has 0 atom stereocenters. The van der Waals surface area contributed by atoms with E-state index in [2.05, 4.69) is 17.2 Å². The summed E-state index contributed by atoms with van der Waals surface area (Å²) in [5, 5.41) is 9.16. The van der Waals surface area contributed by atoms with Gasteiger partial charge in [-0.05, 0) is 43.5 Å². The number of hydrogen-bond donors (Lipinski definition) is 1. The topological polar surface area (TPSA) is 56.7 Å². The summed E-state index contributed by atoms with van der Waals surface area (Å²) in [5.41, 5.74) is 9.82. The first kappa shape index (κ1) is 14.0. The van der Waals surface area contributed by atoms with Crippen molar-refractivity contribution in [2.75, 3.05) is 0 Å². The third-order valence-electron chi connectivity index (χ3n) is 3.19. The van der Waals surface area contributed by atoms with Crippen LogP contribution in [0.4, 0.5) is 0 Å². The lowest BCUT2D eigenvalue weighted by Crippen LogP contribution is -2.07. The summed E-state index contributed by atoms with van der Waals surface area (Å²) >= 11 is 6.00. The largest absolute Gasteiger partial charge is 0.325 e. The molecule has 0 saturated carbocycles. The van der Waals surface area contributed by atoms with Crippen molar-refractivity contribution in [1.82, 2.24) is 15.0 Å². The van der Waals surface area contributed by atoms with Crippen LogP contribution in [0.3, 0.4) is 0 Å². The van der Waals surface area contributed by atoms with E-state index in [-0.39, 0.29) is 0 Å². The van der Waals surface area contributed by atoms with E-state index < -0.39 is 0 Å². The molecule has 1 heterocycles. The highest BCUT2D eigenvalue weighted by Crippen LogP contribution is 2.21. The lowest BCUT2D eigenvalue weighted by atomic mass is 10.1. The molecular formula is C14H19ClN4. The highest BCUT2D eigenvalue weighted by atomic mass is 35.5. The van der Waals surface area contributed by atoms with Gasteiger partial charge in [0.15, 0.2) is 0 Å². The van der Waals surface area contributed by atoms with Crippen LogP contribution in [0, 0.1) is 6.92 Å². The molecular weight excluding hydrogens is 260 g/mol. The van der Waals surface area contributed by atoms with E-state index in [1.807, 2.05) is 29.8 Å². The number of aromatic nitrogens is 3. The monoisotopic (exact) mass is 278 g/mol. The van der Waals surface area contributed by atoms with Crippen LogP contribution < -0.4 is 5.73 Å². The van der Waals surface area contributed by atoms with Crippen LogP contribution >= 0.6 is 11.6 Å². The van der Waals surface area contributed by atoms with Gasteiger partial charge in [0.25, 0.3) is 0 Å². The summed E-state index contributed by atoms with van der Waals surface area (Å²) in [7, 11) is 0. The van der Waals surface area contributed by atoms with E-state index in [0.717, 1.165) is 46.9 Å². The van der Waals surface area contributed by atoms with Gasteiger partial charge >= 0.3 is 0 Å². The Morgan fingerprint density at radius 2 is 2.16 bits per heavy atom. The zero-order valence-corrected chi connectivity index (χ0v) is 12.1. The minimum atomic E-state index is 0.422. The molecule has 0 aliphatic carbocycles. The molecule has 0 radical (unpaired) electrons. The van der Waals surface area contributed by atoms with Gasteiger partial charge in [-0.3, -0.25) is 0 Å². The highest BCUT2D eigenvalue weighted by molar-refractivity contribution is 6.30. The van der Waals surface area contributed by atoms with Crippen LogP contribution in [0.15, 0.2) is 18.2 Å². The summed E-state index contributed by atoms with van der Waals surface area (Å²) in [6, 6.07) is 5.78. The van der Waals surface area contributed by atoms with Crippen molar-refractivity contribution >= 4 is 11.6 Å². The lowest BCUT2D eigenvalue weighted by molar-refractivity contribution is 0.712. The van der Waals surface area contributed by atoms with E-state index in [1.165, 1.54) is 0 Å². The molecule has 2 N–H and O–H groups in total. The normalized spacial score (nSPS) is 10.9. The molecule has 19 heavy (non-hydrogen) atoms. The van der Waals surface area contributed by atoms with Gasteiger partial charge in [-0.25, -0.2) is 4.68 Å². The minimum Gasteiger partial charge on any atom is -0.325 e. The fourth-order valence-corrected chi connectivity index (χ4v) is 2.36. The van der Waals surface area contributed by atoms with E-state index in [1.54, 1.807) is 0 Å². The van der Waals surface area contributed by atoms with Crippen molar-refractivity contribution in [1.29, 1.82) is 0 Å². The molecule has 4 nitrogen and oxygen atoms in total. The SMILES string of the molecule is CCCCc1c(CN)nnn1-c1ccc(Cl)cc1C. The van der Waals surface area contributed by atoms with Gasteiger partial charge in [-0.15, -0.1) is 5.10 Å². The van der Waals surface area contributed by atoms with Gasteiger partial charge < -0.3 is 5.73 Å². The zero-order chi connectivity index (χ0) is 13.8.